The van der Waals surface area contributed by atoms with Crippen molar-refractivity contribution in [3.05, 3.63) is 109 Å². The Morgan fingerprint density at radius 3 is 1.18 bits per heavy atom. The normalized spacial score (nSPS) is 14.3. The third-order valence-corrected chi connectivity index (χ3v) is 13.3. The topological polar surface area (TPSA) is 200 Å². The molecule has 5 aromatic carbocycles. The average molecular weight is 883 g/mol. The number of rotatable bonds is 14. The lowest BCUT2D eigenvalue weighted by Crippen LogP contribution is -2.31. The number of piperidine rings is 2. The van der Waals surface area contributed by atoms with Gasteiger partial charge in [0.05, 0.1) is 37.0 Å². The maximum atomic E-state index is 13.9. The molecule has 2 aliphatic rings. The van der Waals surface area contributed by atoms with Crippen molar-refractivity contribution in [1.82, 2.24) is 0 Å². The summed E-state index contributed by atoms with van der Waals surface area (Å²) in [6.45, 7) is 2.82. The van der Waals surface area contributed by atoms with Gasteiger partial charge in [-0.2, -0.15) is 0 Å². The second-order valence-electron chi connectivity index (χ2n) is 14.8. The van der Waals surface area contributed by atoms with Gasteiger partial charge in [0.25, 0.3) is 20.0 Å². The van der Waals surface area contributed by atoms with Crippen LogP contribution < -0.4 is 50.0 Å². The van der Waals surface area contributed by atoms with Crippen LogP contribution in [0.1, 0.15) is 38.5 Å². The minimum Gasteiger partial charge on any atom is -0.495 e. The highest BCUT2D eigenvalue weighted by Crippen LogP contribution is 2.36. The Morgan fingerprint density at radius 1 is 0.468 bits per heavy atom. The van der Waals surface area contributed by atoms with Gasteiger partial charge in [-0.15, -0.1) is 0 Å². The lowest BCUT2D eigenvalue weighted by atomic mass is 10.1. The van der Waals surface area contributed by atoms with E-state index in [1.54, 1.807) is 97.1 Å². The van der Waals surface area contributed by atoms with Crippen LogP contribution in [0.15, 0.2) is 119 Å². The van der Waals surface area contributed by atoms with Crippen LogP contribution in [0, 0.1) is 0 Å². The molecule has 18 heteroatoms. The second kappa shape index (κ2) is 19.4. The first kappa shape index (κ1) is 43.4. The van der Waals surface area contributed by atoms with E-state index in [4.69, 9.17) is 9.47 Å². The minimum absolute atomic E-state index is 0.0112. The van der Waals surface area contributed by atoms with E-state index in [9.17, 15) is 26.4 Å². The first-order valence-electron chi connectivity index (χ1n) is 20.3. The highest BCUT2D eigenvalue weighted by atomic mass is 32.2. The summed E-state index contributed by atoms with van der Waals surface area (Å²) >= 11 is 0. The van der Waals surface area contributed by atoms with Gasteiger partial charge in [-0.1, -0.05) is 24.3 Å². The van der Waals surface area contributed by atoms with E-state index < -0.39 is 32.1 Å². The summed E-state index contributed by atoms with van der Waals surface area (Å²) in [6, 6.07) is 28.1. The third kappa shape index (κ3) is 10.6. The van der Waals surface area contributed by atoms with E-state index in [-0.39, 0.29) is 32.5 Å². The zero-order chi connectivity index (χ0) is 43.7. The second-order valence-corrected chi connectivity index (χ2v) is 18.1. The molecule has 326 valence electrons. The average Bonchev–Trinajstić information content (AvgIpc) is 3.27. The number of carbonyl (C=O) groups excluding carboxylic acids is 2. The molecule has 0 spiro atoms. The zero-order valence-corrected chi connectivity index (χ0v) is 36.1. The summed E-state index contributed by atoms with van der Waals surface area (Å²) in [5.41, 5.74) is 2.95. The molecule has 0 aromatic heterocycles. The fourth-order valence-electron chi connectivity index (χ4n) is 7.49. The van der Waals surface area contributed by atoms with Crippen molar-refractivity contribution in [2.24, 2.45) is 0 Å². The van der Waals surface area contributed by atoms with Crippen LogP contribution in [-0.4, -0.2) is 69.3 Å². The molecule has 2 saturated heterocycles. The van der Waals surface area contributed by atoms with Gasteiger partial charge in [0.15, 0.2) is 0 Å². The Balaban J connectivity index is 1.01. The number of benzene rings is 5. The molecule has 4 amide bonds. The third-order valence-electron chi connectivity index (χ3n) is 10.5. The lowest BCUT2D eigenvalue weighted by Gasteiger charge is -2.30. The number of para-hydroxylation sites is 4. The Morgan fingerprint density at radius 2 is 0.806 bits per heavy atom. The molecule has 0 atom stereocenters. The highest BCUT2D eigenvalue weighted by molar-refractivity contribution is 7.93. The number of nitrogens with zero attached hydrogens (tertiary/aromatic N) is 2. The number of carbonyl (C=O) groups is 2. The summed E-state index contributed by atoms with van der Waals surface area (Å²) in [4.78, 5) is 30.5. The molecular formula is C44H50N8O8S2. The summed E-state index contributed by atoms with van der Waals surface area (Å²) in [5, 5.41) is 10.9. The van der Waals surface area contributed by atoms with E-state index in [0.29, 0.717) is 60.4 Å². The van der Waals surface area contributed by atoms with Crippen molar-refractivity contribution in [2.45, 2.75) is 48.3 Å². The van der Waals surface area contributed by atoms with Crippen LogP contribution in [0.3, 0.4) is 0 Å². The molecule has 0 unspecified atom stereocenters. The van der Waals surface area contributed by atoms with Crippen molar-refractivity contribution in [3.63, 3.8) is 0 Å². The fraction of sp³-hybridized carbons (Fsp3) is 0.273. The number of methoxy groups -OCH3 is 2. The van der Waals surface area contributed by atoms with Gasteiger partial charge in [0, 0.05) is 48.9 Å². The molecule has 2 fully saturated rings. The van der Waals surface area contributed by atoms with Crippen molar-refractivity contribution in [3.8, 4) is 11.5 Å². The predicted octanol–water partition coefficient (Wildman–Crippen LogP) is 8.57. The van der Waals surface area contributed by atoms with Crippen LogP contribution in [0.5, 0.6) is 11.5 Å². The Labute approximate surface area is 362 Å². The van der Waals surface area contributed by atoms with Crippen LogP contribution >= 0.6 is 0 Å². The van der Waals surface area contributed by atoms with E-state index in [0.717, 1.165) is 38.5 Å². The summed E-state index contributed by atoms with van der Waals surface area (Å²) < 4.78 is 71.6. The molecule has 2 aliphatic heterocycles. The van der Waals surface area contributed by atoms with Crippen LogP contribution in [0.4, 0.5) is 55.1 Å². The van der Waals surface area contributed by atoms with Gasteiger partial charge in [-0.05, 0) is 123 Å². The Bertz CT molecular complexity index is 2440. The first-order chi connectivity index (χ1) is 29.9. The van der Waals surface area contributed by atoms with Crippen molar-refractivity contribution in [1.29, 1.82) is 0 Å². The molecule has 0 saturated carbocycles. The first-order valence-corrected chi connectivity index (χ1v) is 23.2. The Hall–Kier alpha value is -6.66. The van der Waals surface area contributed by atoms with Crippen molar-refractivity contribution >= 4 is 77.6 Å². The number of hydrogen-bond acceptors (Lipinski definition) is 10. The quantitative estimate of drug-likeness (QED) is 0.0628. The number of anilines is 8. The highest BCUT2D eigenvalue weighted by Gasteiger charge is 2.27. The summed E-state index contributed by atoms with van der Waals surface area (Å²) in [7, 11) is -5.33. The zero-order valence-electron chi connectivity index (χ0n) is 34.4. The van der Waals surface area contributed by atoms with E-state index in [2.05, 4.69) is 30.7 Å². The predicted molar refractivity (Wildman–Crippen MR) is 244 cm³/mol. The molecule has 16 nitrogen and oxygen atoms in total. The summed E-state index contributed by atoms with van der Waals surface area (Å²) in [5.74, 6) is 0.732. The van der Waals surface area contributed by atoms with Crippen molar-refractivity contribution < 1.29 is 35.9 Å². The fourth-order valence-corrected chi connectivity index (χ4v) is 10.1. The van der Waals surface area contributed by atoms with Gasteiger partial charge >= 0.3 is 12.1 Å². The lowest BCUT2D eigenvalue weighted by molar-refractivity contribution is 0.261. The van der Waals surface area contributed by atoms with Crippen LogP contribution in [-0.2, 0) is 20.0 Å². The number of sulfonamides is 2. The number of urea groups is 2. The van der Waals surface area contributed by atoms with Gasteiger partial charge < -0.3 is 40.5 Å². The monoisotopic (exact) mass is 882 g/mol. The van der Waals surface area contributed by atoms with Crippen LogP contribution in [0.25, 0.3) is 0 Å². The molecular weight excluding hydrogens is 833 g/mol. The largest absolute Gasteiger partial charge is 0.495 e. The van der Waals surface area contributed by atoms with Gasteiger partial charge in [-0.25, -0.2) is 26.4 Å². The SMILES string of the molecule is COc1ccccc1NS(=O)(=O)c1cc(NC(=O)Nc2ccc(NC(=O)Nc3ccc(N4CCCCC4)c(S(=O)(=O)Nc4ccccc4OC)c3)cc2)ccc1N1CCCCC1. The van der Waals surface area contributed by atoms with Gasteiger partial charge in [0.2, 0.25) is 0 Å². The maximum absolute atomic E-state index is 13.9. The molecule has 62 heavy (non-hydrogen) atoms. The van der Waals surface area contributed by atoms with E-state index >= 15 is 0 Å². The van der Waals surface area contributed by atoms with Gasteiger partial charge in [0.1, 0.15) is 21.3 Å². The maximum Gasteiger partial charge on any atom is 0.323 e. The molecule has 0 bridgehead atoms. The molecule has 0 radical (unpaired) electrons. The smallest absolute Gasteiger partial charge is 0.323 e. The van der Waals surface area contributed by atoms with Crippen LogP contribution in [0.2, 0.25) is 0 Å². The molecule has 0 aliphatic carbocycles. The molecule has 7 rings (SSSR count). The molecule has 6 N–H and O–H groups in total. The van der Waals surface area contributed by atoms with Gasteiger partial charge in [-0.3, -0.25) is 9.44 Å². The number of nitrogens with one attached hydrogen (secondary N) is 6. The number of hydrogen-bond donors (Lipinski definition) is 6. The molecule has 2 heterocycles. The number of amides is 4. The van der Waals surface area contributed by atoms with E-state index in [1.807, 2.05) is 9.80 Å². The minimum atomic E-state index is -4.13. The van der Waals surface area contributed by atoms with Crippen molar-refractivity contribution in [2.75, 3.05) is 80.9 Å². The Kier molecular flexibility index (Phi) is 13.6. The standard InChI is InChI=1S/C44H50N8O8S2/c1-59-39-15-7-5-13-35(39)49-61(55,56)41-29-33(21-23-37(41)51-25-9-3-10-26-51)47-43(53)45-31-17-19-32(20-18-31)46-44(54)48-34-22-24-38(52-27-11-4-12-28-52)42(30-34)62(57,58)50-36-14-6-8-16-40(36)60-2/h5-8,13-24,29-30,49-50H,3-4,9-12,25-28H2,1-2H3,(H2,45,47,53)(H2,46,48,54). The van der Waals surface area contributed by atoms with E-state index in [1.165, 1.54) is 26.4 Å². The number of ether oxygens (including phenoxy) is 2. The summed E-state index contributed by atoms with van der Waals surface area (Å²) in [6.07, 6.45) is 5.87. The molecule has 5 aromatic rings.